The van der Waals surface area contributed by atoms with Crippen molar-refractivity contribution < 1.29 is 19.1 Å². The van der Waals surface area contributed by atoms with Crippen LogP contribution < -0.4 is 5.32 Å². The van der Waals surface area contributed by atoms with E-state index in [1.54, 1.807) is 30.7 Å². The molecule has 0 aromatic carbocycles. The van der Waals surface area contributed by atoms with Crippen LogP contribution in [0.2, 0.25) is 0 Å². The van der Waals surface area contributed by atoms with Gasteiger partial charge in [0.25, 0.3) is 0 Å². The number of aliphatic carboxylic acids is 1. The number of carbonyl (C=O) groups excluding carboxylic acids is 1. The van der Waals surface area contributed by atoms with Gasteiger partial charge in [0.05, 0.1) is 18.4 Å². The number of carboxylic acids is 1. The number of nitrogens with one attached hydrogen (secondary N) is 1. The van der Waals surface area contributed by atoms with Gasteiger partial charge in [0.1, 0.15) is 6.04 Å². The number of nitrogens with zero attached hydrogens (tertiary/aromatic N) is 1. The number of hydrogen-bond donors (Lipinski definition) is 2. The van der Waals surface area contributed by atoms with Crippen LogP contribution >= 0.6 is 11.3 Å². The number of hydrogen-bond acceptors (Lipinski definition) is 5. The molecule has 0 radical (unpaired) electrons. The summed E-state index contributed by atoms with van der Waals surface area (Å²) in [5.74, 6) is -0.732. The predicted molar refractivity (Wildman–Crippen MR) is 73.4 cm³/mol. The third-order valence-corrected chi connectivity index (χ3v) is 3.57. The van der Waals surface area contributed by atoms with Crippen LogP contribution in [0.5, 0.6) is 0 Å². The number of amides is 1. The minimum atomic E-state index is -1.03. The average molecular weight is 294 g/mol. The SMILES string of the molecule is CC[C@@H](NC(=O)Cc1csc(-c2ccco2)n1)C(=O)O. The standard InChI is InChI=1S/C13H14N2O4S/c1-2-9(13(17)18)15-11(16)6-8-7-20-12(14-8)10-4-3-5-19-10/h3-5,7,9H,2,6H2,1H3,(H,15,16)(H,17,18)/t9-/m1/s1. The van der Waals surface area contributed by atoms with Gasteiger partial charge in [-0.15, -0.1) is 11.3 Å². The molecule has 0 bridgehead atoms. The highest BCUT2D eigenvalue weighted by Gasteiger charge is 2.18. The lowest BCUT2D eigenvalue weighted by atomic mass is 10.2. The van der Waals surface area contributed by atoms with Crippen LogP contribution in [0, 0.1) is 0 Å². The molecular formula is C13H14N2O4S. The summed E-state index contributed by atoms with van der Waals surface area (Å²) in [6.45, 7) is 1.71. The first-order valence-corrected chi connectivity index (χ1v) is 6.98. The van der Waals surface area contributed by atoms with E-state index in [4.69, 9.17) is 9.52 Å². The maximum Gasteiger partial charge on any atom is 0.326 e. The molecule has 0 spiro atoms. The summed E-state index contributed by atoms with van der Waals surface area (Å²) in [6, 6.07) is 2.70. The van der Waals surface area contributed by atoms with Crippen molar-refractivity contribution in [2.24, 2.45) is 0 Å². The topological polar surface area (TPSA) is 92.4 Å². The normalized spacial score (nSPS) is 12.1. The Bertz CT molecular complexity index is 591. The summed E-state index contributed by atoms with van der Waals surface area (Å²) in [5, 5.41) is 13.8. The Kier molecular flexibility index (Phi) is 4.52. The lowest BCUT2D eigenvalue weighted by Crippen LogP contribution is -2.41. The molecular weight excluding hydrogens is 280 g/mol. The molecule has 20 heavy (non-hydrogen) atoms. The quantitative estimate of drug-likeness (QED) is 0.849. The van der Waals surface area contributed by atoms with Gasteiger partial charge in [0.2, 0.25) is 5.91 Å². The summed E-state index contributed by atoms with van der Waals surface area (Å²) in [6.07, 6.45) is 1.96. The molecule has 7 heteroatoms. The Hall–Kier alpha value is -2.15. The van der Waals surface area contributed by atoms with Crippen LogP contribution in [-0.2, 0) is 16.0 Å². The molecule has 0 aliphatic heterocycles. The largest absolute Gasteiger partial charge is 0.480 e. The fourth-order valence-electron chi connectivity index (χ4n) is 1.65. The molecule has 0 saturated heterocycles. The number of carboxylic acid groups (broad SMARTS) is 1. The maximum absolute atomic E-state index is 11.7. The van der Waals surface area contributed by atoms with Crippen LogP contribution in [0.3, 0.4) is 0 Å². The lowest BCUT2D eigenvalue weighted by molar-refractivity contribution is -0.141. The van der Waals surface area contributed by atoms with Crippen molar-refractivity contribution in [1.82, 2.24) is 10.3 Å². The molecule has 0 aliphatic carbocycles. The zero-order chi connectivity index (χ0) is 14.5. The Morgan fingerprint density at radius 3 is 2.95 bits per heavy atom. The van der Waals surface area contributed by atoms with Crippen molar-refractivity contribution in [1.29, 1.82) is 0 Å². The van der Waals surface area contributed by atoms with Gasteiger partial charge in [-0.2, -0.15) is 0 Å². The highest BCUT2D eigenvalue weighted by molar-refractivity contribution is 7.13. The maximum atomic E-state index is 11.7. The van der Waals surface area contributed by atoms with E-state index in [2.05, 4.69) is 10.3 Å². The number of thiazole rings is 1. The van der Waals surface area contributed by atoms with Gasteiger partial charge in [-0.25, -0.2) is 9.78 Å². The first kappa shape index (κ1) is 14.3. The van der Waals surface area contributed by atoms with Gasteiger partial charge in [-0.05, 0) is 18.6 Å². The van der Waals surface area contributed by atoms with Gasteiger partial charge in [0, 0.05) is 5.38 Å². The smallest absolute Gasteiger partial charge is 0.326 e. The van der Waals surface area contributed by atoms with Crippen LogP contribution in [-0.4, -0.2) is 28.0 Å². The number of aromatic nitrogens is 1. The lowest BCUT2D eigenvalue weighted by Gasteiger charge is -2.11. The Morgan fingerprint density at radius 2 is 2.35 bits per heavy atom. The first-order chi connectivity index (χ1) is 9.60. The highest BCUT2D eigenvalue weighted by atomic mass is 32.1. The molecule has 106 valence electrons. The Labute approximate surface area is 119 Å². The molecule has 2 heterocycles. The van der Waals surface area contributed by atoms with Crippen LogP contribution in [0.4, 0.5) is 0 Å². The minimum Gasteiger partial charge on any atom is -0.480 e. The van der Waals surface area contributed by atoms with Crippen molar-refractivity contribution in [2.75, 3.05) is 0 Å². The molecule has 2 aromatic rings. The second kappa shape index (κ2) is 6.33. The zero-order valence-electron chi connectivity index (χ0n) is 10.8. The molecule has 0 aliphatic rings. The van der Waals surface area contributed by atoms with Crippen molar-refractivity contribution in [2.45, 2.75) is 25.8 Å². The average Bonchev–Trinajstić information content (AvgIpc) is 3.05. The second-order valence-corrected chi connectivity index (χ2v) is 5.02. The van der Waals surface area contributed by atoms with Gasteiger partial charge < -0.3 is 14.8 Å². The van der Waals surface area contributed by atoms with Gasteiger partial charge in [-0.1, -0.05) is 6.92 Å². The second-order valence-electron chi connectivity index (χ2n) is 4.16. The van der Waals surface area contributed by atoms with E-state index in [0.29, 0.717) is 22.9 Å². The van der Waals surface area contributed by atoms with E-state index in [1.165, 1.54) is 11.3 Å². The number of carbonyl (C=O) groups is 2. The summed E-state index contributed by atoms with van der Waals surface area (Å²) in [4.78, 5) is 26.9. The van der Waals surface area contributed by atoms with E-state index < -0.39 is 12.0 Å². The Morgan fingerprint density at radius 1 is 1.55 bits per heavy atom. The summed E-state index contributed by atoms with van der Waals surface area (Å²) >= 11 is 1.38. The molecule has 0 saturated carbocycles. The first-order valence-electron chi connectivity index (χ1n) is 6.10. The van der Waals surface area contributed by atoms with E-state index in [1.807, 2.05) is 0 Å². The van der Waals surface area contributed by atoms with Crippen molar-refractivity contribution in [3.63, 3.8) is 0 Å². The molecule has 2 rings (SSSR count). The highest BCUT2D eigenvalue weighted by Crippen LogP contribution is 2.24. The molecule has 1 amide bonds. The monoisotopic (exact) mass is 294 g/mol. The number of furan rings is 1. The van der Waals surface area contributed by atoms with Crippen molar-refractivity contribution in [3.05, 3.63) is 29.5 Å². The fourth-order valence-corrected chi connectivity index (χ4v) is 2.44. The van der Waals surface area contributed by atoms with Gasteiger partial charge >= 0.3 is 5.97 Å². The van der Waals surface area contributed by atoms with Crippen molar-refractivity contribution in [3.8, 4) is 10.8 Å². The van der Waals surface area contributed by atoms with Gasteiger partial charge in [0.15, 0.2) is 10.8 Å². The van der Waals surface area contributed by atoms with Gasteiger partial charge in [-0.3, -0.25) is 4.79 Å². The van der Waals surface area contributed by atoms with Crippen LogP contribution in [0.1, 0.15) is 19.0 Å². The molecule has 0 unspecified atom stereocenters. The predicted octanol–water partition coefficient (Wildman–Crippen LogP) is 1.92. The van der Waals surface area contributed by atoms with E-state index >= 15 is 0 Å². The zero-order valence-corrected chi connectivity index (χ0v) is 11.6. The molecule has 0 fully saturated rings. The molecule has 1 atom stereocenters. The van der Waals surface area contributed by atoms with E-state index in [9.17, 15) is 9.59 Å². The minimum absolute atomic E-state index is 0.0565. The van der Waals surface area contributed by atoms with Crippen molar-refractivity contribution >= 4 is 23.2 Å². The molecule has 2 N–H and O–H groups in total. The third kappa shape index (κ3) is 3.45. The van der Waals surface area contributed by atoms with Crippen LogP contribution in [0.25, 0.3) is 10.8 Å². The summed E-state index contributed by atoms with van der Waals surface area (Å²) in [5.41, 5.74) is 0.596. The summed E-state index contributed by atoms with van der Waals surface area (Å²) < 4.78 is 5.22. The fraction of sp³-hybridized carbons (Fsp3) is 0.308. The third-order valence-electron chi connectivity index (χ3n) is 2.67. The van der Waals surface area contributed by atoms with Crippen LogP contribution in [0.15, 0.2) is 28.2 Å². The molecule has 6 nitrogen and oxygen atoms in total. The Balaban J connectivity index is 1.97. The van der Waals surface area contributed by atoms with E-state index in [-0.39, 0.29) is 12.3 Å². The van der Waals surface area contributed by atoms with E-state index in [0.717, 1.165) is 0 Å². The molecule has 2 aromatic heterocycles. The number of rotatable bonds is 6. The summed E-state index contributed by atoms with van der Waals surface area (Å²) in [7, 11) is 0.